The van der Waals surface area contributed by atoms with Crippen molar-refractivity contribution in [2.75, 3.05) is 0 Å². The highest BCUT2D eigenvalue weighted by atomic mass is 16.6. The molecule has 0 bridgehead atoms. The average molecular weight is 240 g/mol. The predicted octanol–water partition coefficient (Wildman–Crippen LogP) is 2.12. The zero-order chi connectivity index (χ0) is 12.2. The van der Waals surface area contributed by atoms with Gasteiger partial charge >= 0.3 is 0 Å². The molecule has 2 heterocycles. The summed E-state index contributed by atoms with van der Waals surface area (Å²) in [4.78, 5) is 0. The highest BCUT2D eigenvalue weighted by molar-refractivity contribution is 5.06. The molecule has 3 nitrogen and oxygen atoms in total. The van der Waals surface area contributed by atoms with Gasteiger partial charge < -0.3 is 14.6 Å². The molecule has 1 saturated carbocycles. The van der Waals surface area contributed by atoms with Crippen molar-refractivity contribution in [3.63, 3.8) is 0 Å². The first-order valence-electron chi connectivity index (χ1n) is 7.02. The summed E-state index contributed by atoms with van der Waals surface area (Å²) in [5.41, 5.74) is -0.0829. The highest BCUT2D eigenvalue weighted by Crippen LogP contribution is 2.48. The molecule has 0 aromatic heterocycles. The van der Waals surface area contributed by atoms with Crippen molar-refractivity contribution in [2.24, 2.45) is 11.8 Å². The zero-order valence-electron chi connectivity index (χ0n) is 11.1. The molecule has 2 saturated heterocycles. The average Bonchev–Trinajstić information content (AvgIpc) is 3.12. The second-order valence-electron chi connectivity index (χ2n) is 6.58. The minimum atomic E-state index is -0.296. The SMILES string of the molecule is CC(C)C1CC[C@@H]2O[C@H]2CC[C@@]2(C)O[C@@H]2[C@H]1O. The largest absolute Gasteiger partial charge is 0.390 e. The van der Waals surface area contributed by atoms with Crippen molar-refractivity contribution in [3.05, 3.63) is 0 Å². The van der Waals surface area contributed by atoms with E-state index >= 15 is 0 Å². The van der Waals surface area contributed by atoms with Gasteiger partial charge in [0.2, 0.25) is 0 Å². The van der Waals surface area contributed by atoms with Crippen molar-refractivity contribution in [2.45, 2.75) is 76.5 Å². The molecule has 0 aromatic carbocycles. The number of hydrogen-bond donors (Lipinski definition) is 1. The van der Waals surface area contributed by atoms with E-state index in [0.29, 0.717) is 24.0 Å². The van der Waals surface area contributed by atoms with E-state index < -0.39 is 0 Å². The third-order valence-corrected chi connectivity index (χ3v) is 4.94. The maximum Gasteiger partial charge on any atom is 0.113 e. The van der Waals surface area contributed by atoms with E-state index in [4.69, 9.17) is 9.47 Å². The number of rotatable bonds is 1. The summed E-state index contributed by atoms with van der Waals surface area (Å²) >= 11 is 0. The van der Waals surface area contributed by atoms with Crippen LogP contribution in [-0.4, -0.2) is 35.1 Å². The van der Waals surface area contributed by atoms with Crippen LogP contribution in [0.15, 0.2) is 0 Å². The molecule has 0 amide bonds. The molecule has 3 heteroatoms. The molecule has 2 aliphatic heterocycles. The fourth-order valence-electron chi connectivity index (χ4n) is 3.48. The molecule has 98 valence electrons. The van der Waals surface area contributed by atoms with Gasteiger partial charge in [0.1, 0.15) is 6.10 Å². The van der Waals surface area contributed by atoms with E-state index in [0.717, 1.165) is 25.7 Å². The molecule has 3 aliphatic rings. The smallest absolute Gasteiger partial charge is 0.113 e. The minimum absolute atomic E-state index is 0.0604. The Morgan fingerprint density at radius 2 is 1.88 bits per heavy atom. The van der Waals surface area contributed by atoms with Gasteiger partial charge in [-0.25, -0.2) is 0 Å². The normalized spacial score (nSPS) is 53.8. The van der Waals surface area contributed by atoms with E-state index in [-0.39, 0.29) is 17.8 Å². The van der Waals surface area contributed by atoms with Crippen LogP contribution in [0.5, 0.6) is 0 Å². The zero-order valence-corrected chi connectivity index (χ0v) is 11.1. The lowest BCUT2D eigenvalue weighted by molar-refractivity contribution is 0.0483. The van der Waals surface area contributed by atoms with E-state index in [1.807, 2.05) is 0 Å². The quantitative estimate of drug-likeness (QED) is 0.714. The van der Waals surface area contributed by atoms with Gasteiger partial charge in [-0.2, -0.15) is 0 Å². The van der Waals surface area contributed by atoms with E-state index in [2.05, 4.69) is 20.8 Å². The van der Waals surface area contributed by atoms with Crippen LogP contribution in [-0.2, 0) is 9.47 Å². The first-order chi connectivity index (χ1) is 8.01. The molecule has 1 N–H and O–H groups in total. The Bertz CT molecular complexity index is 304. The Kier molecular flexibility index (Phi) is 2.77. The standard InChI is InChI=1S/C14H24O3/c1-8(2)9-4-5-10-11(16-10)6-7-14(3)13(17-14)12(9)15/h8-13,15H,4-7H2,1-3H3/t9?,10-,11-,12-,13+,14+/m0/s1. The van der Waals surface area contributed by atoms with Gasteiger partial charge in [-0.05, 0) is 44.4 Å². The summed E-state index contributed by atoms with van der Waals surface area (Å²) < 4.78 is 11.5. The molecule has 0 spiro atoms. The number of ether oxygens (including phenoxy) is 2. The lowest BCUT2D eigenvalue weighted by Crippen LogP contribution is -2.34. The van der Waals surface area contributed by atoms with Crippen molar-refractivity contribution in [3.8, 4) is 0 Å². The molecule has 0 radical (unpaired) electrons. The Labute approximate surface area is 103 Å². The Balaban J connectivity index is 1.73. The maximum atomic E-state index is 10.5. The number of fused-ring (bicyclic) bond motifs is 2. The molecule has 3 fully saturated rings. The topological polar surface area (TPSA) is 45.3 Å². The molecule has 1 aliphatic carbocycles. The van der Waals surface area contributed by atoms with Crippen molar-refractivity contribution >= 4 is 0 Å². The lowest BCUT2D eigenvalue weighted by atomic mass is 9.80. The maximum absolute atomic E-state index is 10.5. The number of aliphatic hydroxyl groups is 1. The first-order valence-corrected chi connectivity index (χ1v) is 7.02. The van der Waals surface area contributed by atoms with E-state index in [1.165, 1.54) is 0 Å². The van der Waals surface area contributed by atoms with Crippen LogP contribution in [0.2, 0.25) is 0 Å². The summed E-state index contributed by atoms with van der Waals surface area (Å²) in [5, 5.41) is 10.5. The van der Waals surface area contributed by atoms with Crippen LogP contribution in [0.4, 0.5) is 0 Å². The lowest BCUT2D eigenvalue weighted by Gasteiger charge is -2.26. The number of epoxide rings is 2. The summed E-state index contributed by atoms with van der Waals surface area (Å²) in [7, 11) is 0. The third-order valence-electron chi connectivity index (χ3n) is 4.94. The Morgan fingerprint density at radius 3 is 2.59 bits per heavy atom. The van der Waals surface area contributed by atoms with Gasteiger partial charge in [-0.15, -0.1) is 0 Å². The van der Waals surface area contributed by atoms with Gasteiger partial charge in [-0.1, -0.05) is 13.8 Å². The van der Waals surface area contributed by atoms with Crippen LogP contribution < -0.4 is 0 Å². The Morgan fingerprint density at radius 1 is 1.18 bits per heavy atom. The number of hydrogen-bond acceptors (Lipinski definition) is 3. The fraction of sp³-hybridized carbons (Fsp3) is 1.00. The third kappa shape index (κ3) is 2.13. The van der Waals surface area contributed by atoms with E-state index in [9.17, 15) is 5.11 Å². The van der Waals surface area contributed by atoms with Gasteiger partial charge in [0.15, 0.2) is 0 Å². The molecule has 1 unspecified atom stereocenters. The van der Waals surface area contributed by atoms with Crippen molar-refractivity contribution in [1.29, 1.82) is 0 Å². The van der Waals surface area contributed by atoms with E-state index in [1.54, 1.807) is 0 Å². The molecule has 17 heavy (non-hydrogen) atoms. The summed E-state index contributed by atoms with van der Waals surface area (Å²) in [6.07, 6.45) is 4.99. The second kappa shape index (κ2) is 3.94. The van der Waals surface area contributed by atoms with Gasteiger partial charge in [0, 0.05) is 0 Å². The van der Waals surface area contributed by atoms with Crippen LogP contribution in [0.1, 0.15) is 46.5 Å². The monoisotopic (exact) mass is 240 g/mol. The predicted molar refractivity (Wildman–Crippen MR) is 64.7 cm³/mol. The first kappa shape index (κ1) is 11.9. The fourth-order valence-corrected chi connectivity index (χ4v) is 3.48. The summed E-state index contributed by atoms with van der Waals surface area (Å²) in [5.74, 6) is 0.861. The van der Waals surface area contributed by atoms with Crippen LogP contribution in [0.25, 0.3) is 0 Å². The molecule has 6 atom stereocenters. The van der Waals surface area contributed by atoms with Crippen molar-refractivity contribution in [1.82, 2.24) is 0 Å². The minimum Gasteiger partial charge on any atom is -0.390 e. The molecular formula is C14H24O3. The van der Waals surface area contributed by atoms with Crippen LogP contribution >= 0.6 is 0 Å². The van der Waals surface area contributed by atoms with Gasteiger partial charge in [0.05, 0.1) is 23.9 Å². The second-order valence-corrected chi connectivity index (χ2v) is 6.58. The van der Waals surface area contributed by atoms with Gasteiger partial charge in [-0.3, -0.25) is 0 Å². The van der Waals surface area contributed by atoms with Crippen LogP contribution in [0, 0.1) is 11.8 Å². The molecule has 3 rings (SSSR count). The Hall–Kier alpha value is -0.120. The number of aliphatic hydroxyl groups excluding tert-OH is 1. The van der Waals surface area contributed by atoms with Crippen LogP contribution in [0.3, 0.4) is 0 Å². The van der Waals surface area contributed by atoms with Gasteiger partial charge in [0.25, 0.3) is 0 Å². The molecule has 0 aromatic rings. The summed E-state index contributed by atoms with van der Waals surface area (Å²) in [6.45, 7) is 6.53. The summed E-state index contributed by atoms with van der Waals surface area (Å²) in [6, 6.07) is 0. The van der Waals surface area contributed by atoms with Crippen molar-refractivity contribution < 1.29 is 14.6 Å². The molecular weight excluding hydrogens is 216 g/mol. The highest BCUT2D eigenvalue weighted by Gasteiger charge is 2.59.